The second-order valence-electron chi connectivity index (χ2n) is 6.86. The number of fused-ring (bicyclic) bond motifs is 2. The first kappa shape index (κ1) is 18.5. The lowest BCUT2D eigenvalue weighted by Crippen LogP contribution is -2.35. The van der Waals surface area contributed by atoms with E-state index in [4.69, 9.17) is 9.47 Å². The Bertz CT molecular complexity index is 1200. The van der Waals surface area contributed by atoms with E-state index in [1.807, 2.05) is 26.0 Å². The third kappa shape index (κ3) is 3.77. The van der Waals surface area contributed by atoms with Crippen molar-refractivity contribution in [1.82, 2.24) is 10.3 Å². The van der Waals surface area contributed by atoms with Gasteiger partial charge in [-0.3, -0.25) is 14.4 Å². The molecule has 0 spiro atoms. The van der Waals surface area contributed by atoms with Crippen molar-refractivity contribution in [3.63, 3.8) is 0 Å². The number of nitrogens with one attached hydrogen (secondary N) is 3. The summed E-state index contributed by atoms with van der Waals surface area (Å²) in [6, 6.07) is 10.4. The number of H-pyrrole nitrogens is 1. The van der Waals surface area contributed by atoms with E-state index in [1.54, 1.807) is 24.3 Å². The molecular formula is C21H19N3O5. The Balaban J connectivity index is 1.44. The molecule has 0 aliphatic carbocycles. The lowest BCUT2D eigenvalue weighted by atomic mass is 10.1. The van der Waals surface area contributed by atoms with Crippen LogP contribution in [0.3, 0.4) is 0 Å². The number of rotatable bonds is 4. The number of hydrogen-bond acceptors (Lipinski definition) is 5. The molecule has 0 fully saturated rings. The Morgan fingerprint density at radius 1 is 1.07 bits per heavy atom. The summed E-state index contributed by atoms with van der Waals surface area (Å²) in [5, 5.41) is 5.90. The smallest absolute Gasteiger partial charge is 0.261 e. The number of aromatic nitrogens is 1. The Hall–Kier alpha value is -3.81. The molecule has 1 aromatic heterocycles. The van der Waals surface area contributed by atoms with Crippen molar-refractivity contribution in [3.05, 3.63) is 63.4 Å². The third-order valence-electron chi connectivity index (χ3n) is 4.60. The summed E-state index contributed by atoms with van der Waals surface area (Å²) in [6.45, 7) is 3.70. The van der Waals surface area contributed by atoms with Gasteiger partial charge in [0.25, 0.3) is 11.5 Å². The van der Waals surface area contributed by atoms with Crippen molar-refractivity contribution in [3.8, 4) is 11.5 Å². The molecule has 0 saturated heterocycles. The van der Waals surface area contributed by atoms with E-state index in [0.717, 1.165) is 16.5 Å². The molecule has 148 valence electrons. The normalized spacial score (nSPS) is 12.1. The van der Waals surface area contributed by atoms with Crippen LogP contribution in [0.1, 0.15) is 21.5 Å². The van der Waals surface area contributed by atoms with Gasteiger partial charge in [0.15, 0.2) is 11.5 Å². The van der Waals surface area contributed by atoms with Crippen LogP contribution in [-0.2, 0) is 4.79 Å². The fourth-order valence-corrected chi connectivity index (χ4v) is 3.29. The highest BCUT2D eigenvalue weighted by atomic mass is 16.7. The maximum atomic E-state index is 12.4. The van der Waals surface area contributed by atoms with Crippen LogP contribution >= 0.6 is 0 Å². The van der Waals surface area contributed by atoms with Crippen molar-refractivity contribution in [2.75, 3.05) is 18.7 Å². The molecule has 2 amide bonds. The van der Waals surface area contributed by atoms with Crippen LogP contribution in [0.15, 0.2) is 41.2 Å². The number of benzene rings is 2. The van der Waals surface area contributed by atoms with E-state index < -0.39 is 17.4 Å². The number of carbonyl (C=O) groups excluding carboxylic acids is 2. The minimum absolute atomic E-state index is 0.0432. The minimum Gasteiger partial charge on any atom is -0.454 e. The first-order valence-electron chi connectivity index (χ1n) is 9.03. The highest BCUT2D eigenvalue weighted by Crippen LogP contribution is 2.34. The summed E-state index contributed by atoms with van der Waals surface area (Å²) >= 11 is 0. The second kappa shape index (κ2) is 7.31. The van der Waals surface area contributed by atoms with Gasteiger partial charge in [0, 0.05) is 11.8 Å². The predicted molar refractivity (Wildman–Crippen MR) is 108 cm³/mol. The molecular weight excluding hydrogens is 374 g/mol. The Morgan fingerprint density at radius 2 is 1.86 bits per heavy atom. The lowest BCUT2D eigenvalue weighted by molar-refractivity contribution is -0.115. The second-order valence-corrected chi connectivity index (χ2v) is 6.86. The van der Waals surface area contributed by atoms with E-state index >= 15 is 0 Å². The summed E-state index contributed by atoms with van der Waals surface area (Å²) in [7, 11) is 0. The zero-order valence-electron chi connectivity index (χ0n) is 15.9. The Kier molecular flexibility index (Phi) is 4.67. The molecule has 29 heavy (non-hydrogen) atoms. The van der Waals surface area contributed by atoms with Gasteiger partial charge in [0.1, 0.15) is 5.56 Å². The molecule has 8 nitrogen and oxygen atoms in total. The summed E-state index contributed by atoms with van der Waals surface area (Å²) in [5.41, 5.74) is 2.61. The number of ether oxygens (including phenoxy) is 2. The molecule has 1 aliphatic heterocycles. The van der Waals surface area contributed by atoms with E-state index in [9.17, 15) is 14.4 Å². The fourth-order valence-electron chi connectivity index (χ4n) is 3.29. The number of anilines is 1. The maximum absolute atomic E-state index is 12.4. The molecule has 3 N–H and O–H groups in total. The van der Waals surface area contributed by atoms with Gasteiger partial charge in [-0.1, -0.05) is 11.6 Å². The van der Waals surface area contributed by atoms with Gasteiger partial charge < -0.3 is 25.1 Å². The zero-order valence-corrected chi connectivity index (χ0v) is 15.9. The molecule has 4 rings (SSSR count). The molecule has 0 saturated carbocycles. The number of pyridine rings is 1. The molecule has 0 unspecified atom stereocenters. The molecule has 0 radical (unpaired) electrons. The van der Waals surface area contributed by atoms with Crippen molar-refractivity contribution in [2.45, 2.75) is 13.8 Å². The molecule has 2 aromatic carbocycles. The Labute approximate surface area is 165 Å². The average Bonchev–Trinajstić information content (AvgIpc) is 3.14. The van der Waals surface area contributed by atoms with Crippen molar-refractivity contribution in [1.29, 1.82) is 0 Å². The minimum atomic E-state index is -0.617. The largest absolute Gasteiger partial charge is 0.454 e. The maximum Gasteiger partial charge on any atom is 0.261 e. The van der Waals surface area contributed by atoms with Crippen LogP contribution in [0, 0.1) is 13.8 Å². The Morgan fingerprint density at radius 3 is 2.69 bits per heavy atom. The number of carbonyl (C=O) groups is 2. The van der Waals surface area contributed by atoms with Crippen LogP contribution in [-0.4, -0.2) is 30.1 Å². The van der Waals surface area contributed by atoms with Crippen LogP contribution in [0.2, 0.25) is 0 Å². The molecule has 3 aromatic rings. The molecule has 2 heterocycles. The van der Waals surface area contributed by atoms with Crippen LogP contribution in [0.25, 0.3) is 10.9 Å². The van der Waals surface area contributed by atoms with Gasteiger partial charge >= 0.3 is 0 Å². The summed E-state index contributed by atoms with van der Waals surface area (Å²) in [5.74, 6) is 0.103. The van der Waals surface area contributed by atoms with Gasteiger partial charge in [0.2, 0.25) is 12.7 Å². The topological polar surface area (TPSA) is 110 Å². The third-order valence-corrected chi connectivity index (χ3v) is 4.60. The van der Waals surface area contributed by atoms with E-state index in [1.165, 1.54) is 0 Å². The zero-order chi connectivity index (χ0) is 20.5. The van der Waals surface area contributed by atoms with E-state index in [-0.39, 0.29) is 18.9 Å². The molecule has 1 aliphatic rings. The van der Waals surface area contributed by atoms with Crippen molar-refractivity contribution >= 4 is 28.4 Å². The fraction of sp³-hybridized carbons (Fsp3) is 0.190. The number of amides is 2. The summed E-state index contributed by atoms with van der Waals surface area (Å²) < 4.78 is 10.5. The SMILES string of the molecule is Cc1cc(C)c2[nH]c(=O)c(C(=O)NCC(=O)Nc3ccc4c(c3)OCO4)cc2c1. The first-order valence-corrected chi connectivity index (χ1v) is 9.03. The van der Waals surface area contributed by atoms with Crippen LogP contribution < -0.4 is 25.7 Å². The summed E-state index contributed by atoms with van der Waals surface area (Å²) in [4.78, 5) is 39.6. The monoisotopic (exact) mass is 393 g/mol. The highest BCUT2D eigenvalue weighted by Gasteiger charge is 2.16. The van der Waals surface area contributed by atoms with Gasteiger partial charge in [-0.2, -0.15) is 0 Å². The molecule has 0 bridgehead atoms. The molecule has 0 atom stereocenters. The van der Waals surface area contributed by atoms with Gasteiger partial charge in [-0.05, 0) is 49.1 Å². The van der Waals surface area contributed by atoms with Crippen LogP contribution in [0.4, 0.5) is 5.69 Å². The molecule has 8 heteroatoms. The van der Waals surface area contributed by atoms with E-state index in [0.29, 0.717) is 22.7 Å². The predicted octanol–water partition coefficient (Wildman–Crippen LogP) is 2.24. The highest BCUT2D eigenvalue weighted by molar-refractivity contribution is 6.01. The summed E-state index contributed by atoms with van der Waals surface area (Å²) in [6.07, 6.45) is 0. The van der Waals surface area contributed by atoms with Gasteiger partial charge in [-0.25, -0.2) is 0 Å². The van der Waals surface area contributed by atoms with Gasteiger partial charge in [0.05, 0.1) is 12.1 Å². The number of hydrogen-bond donors (Lipinski definition) is 3. The van der Waals surface area contributed by atoms with Crippen LogP contribution in [0.5, 0.6) is 11.5 Å². The number of aromatic amines is 1. The lowest BCUT2D eigenvalue weighted by Gasteiger charge is -2.09. The quantitative estimate of drug-likeness (QED) is 0.630. The van der Waals surface area contributed by atoms with Crippen molar-refractivity contribution in [2.24, 2.45) is 0 Å². The standard InChI is InChI=1S/C21H19N3O5/c1-11-5-12(2)19-13(6-11)7-15(21(27)24-19)20(26)22-9-18(25)23-14-3-4-16-17(8-14)29-10-28-16/h3-8H,9-10H2,1-2H3,(H,22,26)(H,23,25)(H,24,27). The van der Waals surface area contributed by atoms with Gasteiger partial charge in [-0.15, -0.1) is 0 Å². The van der Waals surface area contributed by atoms with Crippen molar-refractivity contribution < 1.29 is 19.1 Å². The first-order chi connectivity index (χ1) is 13.9. The van der Waals surface area contributed by atoms with E-state index in [2.05, 4.69) is 15.6 Å². The average molecular weight is 393 g/mol. The number of aryl methyl sites for hydroxylation is 2.